The number of pyridine rings is 1. The third-order valence-corrected chi connectivity index (χ3v) is 2.22. The van der Waals surface area contributed by atoms with Gasteiger partial charge in [-0.05, 0) is 5.56 Å². The van der Waals surface area contributed by atoms with Crippen LogP contribution < -0.4 is 4.74 Å². The molecule has 2 nitrogen and oxygen atoms in total. The van der Waals surface area contributed by atoms with E-state index in [0.717, 1.165) is 9.99 Å². The van der Waals surface area contributed by atoms with E-state index in [1.54, 1.807) is 6.07 Å². The van der Waals surface area contributed by atoms with Crippen LogP contribution in [0.25, 0.3) is 0 Å². The fraction of sp³-hybridized carbons (Fsp3) is 0.375. The summed E-state index contributed by atoms with van der Waals surface area (Å²) in [5, 5.41) is 0. The SMILES string of the molecule is FC(F)(F)COc1ccc(CI)cn1. The summed E-state index contributed by atoms with van der Waals surface area (Å²) in [5.41, 5.74) is 0.949. The Labute approximate surface area is 92.6 Å². The summed E-state index contributed by atoms with van der Waals surface area (Å²) in [6, 6.07) is 3.12. The Morgan fingerprint density at radius 1 is 1.36 bits per heavy atom. The van der Waals surface area contributed by atoms with Gasteiger partial charge in [-0.2, -0.15) is 13.2 Å². The number of nitrogens with zero attached hydrogens (tertiary/aromatic N) is 1. The zero-order valence-corrected chi connectivity index (χ0v) is 9.17. The first-order chi connectivity index (χ1) is 6.51. The third kappa shape index (κ3) is 4.12. The minimum absolute atomic E-state index is 0.00377. The predicted molar refractivity (Wildman–Crippen MR) is 53.5 cm³/mol. The number of aromatic nitrogens is 1. The molecule has 0 N–H and O–H groups in total. The van der Waals surface area contributed by atoms with Gasteiger partial charge in [0.05, 0.1) is 0 Å². The standard InChI is InChI=1S/C8H7F3INO/c9-8(10,11)5-14-7-2-1-6(3-12)4-13-7/h1-2,4H,3,5H2. The lowest BCUT2D eigenvalue weighted by Gasteiger charge is -2.07. The van der Waals surface area contributed by atoms with Gasteiger partial charge in [0, 0.05) is 16.7 Å². The number of hydrogen-bond donors (Lipinski definition) is 0. The van der Waals surface area contributed by atoms with E-state index in [9.17, 15) is 13.2 Å². The highest BCUT2D eigenvalue weighted by Gasteiger charge is 2.28. The molecule has 0 spiro atoms. The lowest BCUT2D eigenvalue weighted by molar-refractivity contribution is -0.154. The van der Waals surface area contributed by atoms with Crippen molar-refractivity contribution in [3.8, 4) is 5.88 Å². The average Bonchev–Trinajstić information content (AvgIpc) is 2.14. The van der Waals surface area contributed by atoms with Gasteiger partial charge >= 0.3 is 6.18 Å². The van der Waals surface area contributed by atoms with Crippen LogP contribution in [0.4, 0.5) is 13.2 Å². The van der Waals surface area contributed by atoms with Gasteiger partial charge in [-0.1, -0.05) is 28.7 Å². The fourth-order valence-corrected chi connectivity index (χ4v) is 1.18. The van der Waals surface area contributed by atoms with Gasteiger partial charge in [0.15, 0.2) is 6.61 Å². The molecule has 0 unspecified atom stereocenters. The summed E-state index contributed by atoms with van der Waals surface area (Å²) in [6.07, 6.45) is -2.82. The molecular formula is C8H7F3INO. The maximum atomic E-state index is 11.7. The van der Waals surface area contributed by atoms with Crippen molar-refractivity contribution in [3.63, 3.8) is 0 Å². The molecule has 0 aromatic carbocycles. The molecular weight excluding hydrogens is 310 g/mol. The maximum Gasteiger partial charge on any atom is 0.422 e. The molecule has 0 amide bonds. The lowest BCUT2D eigenvalue weighted by Crippen LogP contribution is -2.19. The molecule has 1 heterocycles. The first-order valence-electron chi connectivity index (χ1n) is 3.72. The summed E-state index contributed by atoms with van der Waals surface area (Å²) >= 11 is 2.14. The first kappa shape index (κ1) is 11.5. The van der Waals surface area contributed by atoms with Crippen LogP contribution in [-0.4, -0.2) is 17.8 Å². The van der Waals surface area contributed by atoms with Gasteiger partial charge in [-0.3, -0.25) is 0 Å². The van der Waals surface area contributed by atoms with Crippen molar-refractivity contribution < 1.29 is 17.9 Å². The number of ether oxygens (including phenoxy) is 1. The van der Waals surface area contributed by atoms with Gasteiger partial charge in [-0.15, -0.1) is 0 Å². The number of rotatable bonds is 3. The summed E-state index contributed by atoms with van der Waals surface area (Å²) in [6.45, 7) is -1.30. The van der Waals surface area contributed by atoms with Gasteiger partial charge in [0.1, 0.15) is 0 Å². The molecule has 0 fully saturated rings. The zero-order valence-electron chi connectivity index (χ0n) is 7.01. The largest absolute Gasteiger partial charge is 0.468 e. The summed E-state index contributed by atoms with van der Waals surface area (Å²) in [5.74, 6) is -0.00377. The monoisotopic (exact) mass is 317 g/mol. The maximum absolute atomic E-state index is 11.7. The van der Waals surface area contributed by atoms with E-state index in [2.05, 4.69) is 32.3 Å². The van der Waals surface area contributed by atoms with Crippen LogP contribution >= 0.6 is 22.6 Å². The Bertz CT molecular complexity index is 286. The Morgan fingerprint density at radius 2 is 2.07 bits per heavy atom. The van der Waals surface area contributed by atoms with Gasteiger partial charge in [-0.25, -0.2) is 4.98 Å². The Hall–Kier alpha value is -0.530. The predicted octanol–water partition coefficient (Wildman–Crippen LogP) is 2.96. The van der Waals surface area contributed by atoms with E-state index in [1.165, 1.54) is 12.3 Å². The summed E-state index contributed by atoms with van der Waals surface area (Å²) in [7, 11) is 0. The van der Waals surface area contributed by atoms with Crippen LogP contribution in [0.2, 0.25) is 0 Å². The molecule has 6 heteroatoms. The molecule has 0 aliphatic rings. The van der Waals surface area contributed by atoms with E-state index in [4.69, 9.17) is 0 Å². The molecule has 0 radical (unpaired) electrons. The fourth-order valence-electron chi connectivity index (χ4n) is 0.731. The molecule has 1 aromatic heterocycles. The molecule has 1 rings (SSSR count). The van der Waals surface area contributed by atoms with E-state index in [1.807, 2.05) is 0 Å². The Kier molecular flexibility index (Phi) is 3.97. The minimum Gasteiger partial charge on any atom is -0.468 e. The molecule has 0 aliphatic carbocycles. The van der Waals surface area contributed by atoms with Crippen molar-refractivity contribution in [2.75, 3.05) is 6.61 Å². The van der Waals surface area contributed by atoms with Crippen molar-refractivity contribution in [1.82, 2.24) is 4.98 Å². The topological polar surface area (TPSA) is 22.1 Å². The van der Waals surface area contributed by atoms with E-state index in [0.29, 0.717) is 0 Å². The highest BCUT2D eigenvalue weighted by Crippen LogP contribution is 2.17. The number of halogens is 4. The Balaban J connectivity index is 2.52. The smallest absolute Gasteiger partial charge is 0.422 e. The van der Waals surface area contributed by atoms with E-state index in [-0.39, 0.29) is 5.88 Å². The van der Waals surface area contributed by atoms with Gasteiger partial charge < -0.3 is 4.74 Å². The van der Waals surface area contributed by atoms with Crippen LogP contribution in [0.1, 0.15) is 5.56 Å². The second kappa shape index (κ2) is 4.81. The minimum atomic E-state index is -4.32. The van der Waals surface area contributed by atoms with Gasteiger partial charge in [0.25, 0.3) is 0 Å². The lowest BCUT2D eigenvalue weighted by atomic mass is 10.3. The highest BCUT2D eigenvalue weighted by atomic mass is 127. The van der Waals surface area contributed by atoms with E-state index >= 15 is 0 Å². The first-order valence-corrected chi connectivity index (χ1v) is 5.24. The van der Waals surface area contributed by atoms with Crippen molar-refractivity contribution in [1.29, 1.82) is 0 Å². The van der Waals surface area contributed by atoms with Crippen molar-refractivity contribution in [2.45, 2.75) is 10.6 Å². The summed E-state index contributed by atoms with van der Waals surface area (Å²) in [4.78, 5) is 3.73. The molecule has 1 aromatic rings. The molecule has 0 aliphatic heterocycles. The molecule has 0 saturated heterocycles. The highest BCUT2D eigenvalue weighted by molar-refractivity contribution is 14.1. The van der Waals surface area contributed by atoms with Crippen LogP contribution in [0, 0.1) is 0 Å². The molecule has 0 bridgehead atoms. The number of hydrogen-bond acceptors (Lipinski definition) is 2. The average molecular weight is 317 g/mol. The molecule has 0 saturated carbocycles. The second-order valence-electron chi connectivity index (χ2n) is 2.54. The third-order valence-electron chi connectivity index (χ3n) is 1.34. The number of alkyl halides is 4. The Morgan fingerprint density at radius 3 is 2.50 bits per heavy atom. The zero-order chi connectivity index (χ0) is 10.6. The summed E-state index contributed by atoms with van der Waals surface area (Å²) < 4.78 is 40.4. The van der Waals surface area contributed by atoms with Crippen LogP contribution in [0.15, 0.2) is 18.3 Å². The second-order valence-corrected chi connectivity index (χ2v) is 3.30. The van der Waals surface area contributed by atoms with Crippen molar-refractivity contribution in [3.05, 3.63) is 23.9 Å². The van der Waals surface area contributed by atoms with Crippen LogP contribution in [0.5, 0.6) is 5.88 Å². The van der Waals surface area contributed by atoms with E-state index < -0.39 is 12.8 Å². The van der Waals surface area contributed by atoms with Crippen molar-refractivity contribution in [2.24, 2.45) is 0 Å². The molecule has 14 heavy (non-hydrogen) atoms. The molecule has 78 valence electrons. The normalized spacial score (nSPS) is 11.4. The molecule has 0 atom stereocenters. The van der Waals surface area contributed by atoms with Crippen molar-refractivity contribution >= 4 is 22.6 Å². The van der Waals surface area contributed by atoms with Crippen LogP contribution in [0.3, 0.4) is 0 Å². The van der Waals surface area contributed by atoms with Gasteiger partial charge in [0.2, 0.25) is 5.88 Å². The van der Waals surface area contributed by atoms with Crippen LogP contribution in [-0.2, 0) is 4.43 Å². The quantitative estimate of drug-likeness (QED) is 0.632.